The van der Waals surface area contributed by atoms with Gasteiger partial charge in [0.05, 0.1) is 6.61 Å². The van der Waals surface area contributed by atoms with E-state index < -0.39 is 29.3 Å². The van der Waals surface area contributed by atoms with Crippen LogP contribution in [-0.4, -0.2) is 35.1 Å². The predicted molar refractivity (Wildman–Crippen MR) is 66.3 cm³/mol. The van der Waals surface area contributed by atoms with Gasteiger partial charge in [0.25, 0.3) is 5.91 Å². The first kappa shape index (κ1) is 15.3. The number of alkyl carbamates (subject to hydrolysis) is 1. The summed E-state index contributed by atoms with van der Waals surface area (Å²) in [5.74, 6) is -1.42. The van der Waals surface area contributed by atoms with Gasteiger partial charge >= 0.3 is 11.9 Å². The largest absolute Gasteiger partial charge is 0.476 e. The van der Waals surface area contributed by atoms with E-state index in [4.69, 9.17) is 4.74 Å². The number of ether oxygens (including phenoxy) is 2. The molecule has 0 aliphatic carbocycles. The summed E-state index contributed by atoms with van der Waals surface area (Å²) in [7, 11) is 0. The Labute approximate surface area is 114 Å². The maximum absolute atomic E-state index is 11.3. The Morgan fingerprint density at radius 2 is 2.15 bits per heavy atom. The molecule has 0 aliphatic heterocycles. The average Bonchev–Trinajstić information content (AvgIpc) is 2.37. The molecule has 0 saturated carbocycles. The van der Waals surface area contributed by atoms with E-state index in [1.807, 2.05) is 5.32 Å². The summed E-state index contributed by atoms with van der Waals surface area (Å²) in [5, 5.41) is 12.7. The molecule has 0 atom stereocenters. The minimum Gasteiger partial charge on any atom is -0.476 e. The van der Waals surface area contributed by atoms with Crippen LogP contribution in [0.15, 0.2) is 12.1 Å². The van der Waals surface area contributed by atoms with Crippen LogP contribution in [0, 0.1) is 17.0 Å². The fourth-order valence-electron chi connectivity index (χ4n) is 1.23. The summed E-state index contributed by atoms with van der Waals surface area (Å²) in [4.78, 5) is 36.0. The van der Waals surface area contributed by atoms with Crippen LogP contribution in [0.2, 0.25) is 0 Å². The Bertz CT molecular complexity index is 531. The molecule has 1 N–H and O–H groups in total. The molecule has 0 fully saturated rings. The highest BCUT2D eigenvalue weighted by molar-refractivity contribution is 5.92. The lowest BCUT2D eigenvalue weighted by molar-refractivity contribution is -0.390. The van der Waals surface area contributed by atoms with Crippen molar-refractivity contribution in [2.75, 3.05) is 13.2 Å². The summed E-state index contributed by atoms with van der Waals surface area (Å²) in [6.07, 6.45) is -0.905. The Morgan fingerprint density at radius 3 is 2.75 bits per heavy atom. The quantitative estimate of drug-likeness (QED) is 0.630. The van der Waals surface area contributed by atoms with E-state index in [1.165, 1.54) is 12.1 Å². The monoisotopic (exact) mass is 283 g/mol. The molecule has 0 aliphatic rings. The van der Waals surface area contributed by atoms with Crippen molar-refractivity contribution in [3.63, 3.8) is 0 Å². The molecule has 9 heteroatoms. The molecule has 1 aromatic heterocycles. The predicted octanol–water partition coefficient (Wildman–Crippen LogP) is 0.950. The maximum atomic E-state index is 11.3. The van der Waals surface area contributed by atoms with Gasteiger partial charge in [-0.2, -0.15) is 0 Å². The van der Waals surface area contributed by atoms with Gasteiger partial charge in [-0.3, -0.25) is 10.1 Å². The zero-order valence-corrected chi connectivity index (χ0v) is 10.9. The molecule has 1 aromatic rings. The number of aryl methyl sites for hydroxylation is 1. The third kappa shape index (κ3) is 4.52. The van der Waals surface area contributed by atoms with Gasteiger partial charge in [-0.15, -0.1) is 0 Å². The number of carbonyl (C=O) groups is 2. The van der Waals surface area contributed by atoms with Crippen LogP contribution in [-0.2, 0) is 9.53 Å². The molecule has 0 aromatic carbocycles. The van der Waals surface area contributed by atoms with Crippen molar-refractivity contribution in [1.29, 1.82) is 0 Å². The molecule has 108 valence electrons. The SMILES string of the molecule is CCOC(=O)NC(=O)COc1ccc(C)nc1[N+](=O)[O-]. The number of carbonyl (C=O) groups excluding carboxylic acids is 2. The maximum Gasteiger partial charge on any atom is 0.413 e. The number of nitrogens with zero attached hydrogens (tertiary/aromatic N) is 2. The van der Waals surface area contributed by atoms with Crippen LogP contribution in [0.4, 0.5) is 10.6 Å². The van der Waals surface area contributed by atoms with Gasteiger partial charge in [0, 0.05) is 6.92 Å². The number of hydrogen-bond donors (Lipinski definition) is 1. The van der Waals surface area contributed by atoms with Gasteiger partial charge in [-0.25, -0.2) is 4.79 Å². The summed E-state index contributed by atoms with van der Waals surface area (Å²) in [6.45, 7) is 2.73. The van der Waals surface area contributed by atoms with Crippen LogP contribution in [0.5, 0.6) is 5.75 Å². The molecule has 0 spiro atoms. The van der Waals surface area contributed by atoms with Gasteiger partial charge in [0.2, 0.25) is 5.75 Å². The molecule has 0 saturated heterocycles. The molecule has 1 heterocycles. The number of amides is 2. The van der Waals surface area contributed by atoms with Gasteiger partial charge < -0.3 is 19.6 Å². The fraction of sp³-hybridized carbons (Fsp3) is 0.364. The number of nitrogens with one attached hydrogen (secondary N) is 1. The van der Waals surface area contributed by atoms with Gasteiger partial charge in [-0.1, -0.05) is 0 Å². The van der Waals surface area contributed by atoms with Crippen LogP contribution in [0.1, 0.15) is 12.6 Å². The summed E-state index contributed by atoms with van der Waals surface area (Å²) in [6, 6.07) is 2.84. The second-order valence-electron chi connectivity index (χ2n) is 3.59. The van der Waals surface area contributed by atoms with Crippen LogP contribution < -0.4 is 10.1 Å². The number of hydrogen-bond acceptors (Lipinski definition) is 7. The normalized spacial score (nSPS) is 9.70. The third-order valence-corrected chi connectivity index (χ3v) is 2.03. The molecule has 0 bridgehead atoms. The number of pyridine rings is 1. The molecule has 2 amide bonds. The molecular formula is C11H13N3O6. The van der Waals surface area contributed by atoms with E-state index in [0.29, 0.717) is 5.69 Å². The van der Waals surface area contributed by atoms with Crippen LogP contribution in [0.3, 0.4) is 0 Å². The third-order valence-electron chi connectivity index (χ3n) is 2.03. The topological polar surface area (TPSA) is 121 Å². The fourth-order valence-corrected chi connectivity index (χ4v) is 1.23. The van der Waals surface area contributed by atoms with E-state index in [1.54, 1.807) is 13.8 Å². The lowest BCUT2D eigenvalue weighted by Crippen LogP contribution is -2.34. The van der Waals surface area contributed by atoms with Gasteiger partial charge in [0.15, 0.2) is 6.61 Å². The molecule has 9 nitrogen and oxygen atoms in total. The Morgan fingerprint density at radius 1 is 1.45 bits per heavy atom. The van der Waals surface area contributed by atoms with E-state index in [0.717, 1.165) is 0 Å². The first-order valence-electron chi connectivity index (χ1n) is 5.65. The highest BCUT2D eigenvalue weighted by Gasteiger charge is 2.19. The molecule has 20 heavy (non-hydrogen) atoms. The lowest BCUT2D eigenvalue weighted by atomic mass is 10.3. The standard InChI is InChI=1S/C11H13N3O6/c1-3-19-11(16)13-9(15)6-20-8-5-4-7(2)12-10(8)14(17)18/h4-5H,3,6H2,1-2H3,(H,13,15,16). The second-order valence-corrected chi connectivity index (χ2v) is 3.59. The highest BCUT2D eigenvalue weighted by atomic mass is 16.6. The molecule has 0 radical (unpaired) electrons. The Hall–Kier alpha value is -2.71. The first-order chi connectivity index (χ1) is 9.43. The Balaban J connectivity index is 2.64. The summed E-state index contributed by atoms with van der Waals surface area (Å²) >= 11 is 0. The van der Waals surface area contributed by atoms with Crippen molar-refractivity contribution in [3.8, 4) is 5.75 Å². The van der Waals surface area contributed by atoms with Crippen LogP contribution in [0.25, 0.3) is 0 Å². The van der Waals surface area contributed by atoms with Crippen molar-refractivity contribution in [3.05, 3.63) is 27.9 Å². The first-order valence-corrected chi connectivity index (χ1v) is 5.65. The lowest BCUT2D eigenvalue weighted by Gasteiger charge is -2.06. The van der Waals surface area contributed by atoms with E-state index >= 15 is 0 Å². The van der Waals surface area contributed by atoms with Crippen molar-refractivity contribution in [2.45, 2.75) is 13.8 Å². The zero-order valence-electron chi connectivity index (χ0n) is 10.9. The number of aromatic nitrogens is 1. The number of nitro groups is 1. The highest BCUT2D eigenvalue weighted by Crippen LogP contribution is 2.24. The second kappa shape index (κ2) is 7.02. The van der Waals surface area contributed by atoms with E-state index in [9.17, 15) is 19.7 Å². The van der Waals surface area contributed by atoms with Gasteiger partial charge in [0.1, 0.15) is 5.69 Å². The van der Waals surface area contributed by atoms with Crippen molar-refractivity contribution < 1.29 is 24.0 Å². The minimum atomic E-state index is -0.905. The number of imide groups is 1. The van der Waals surface area contributed by atoms with Crippen molar-refractivity contribution in [1.82, 2.24) is 10.3 Å². The van der Waals surface area contributed by atoms with Crippen LogP contribution >= 0.6 is 0 Å². The Kier molecular flexibility index (Phi) is 5.39. The van der Waals surface area contributed by atoms with E-state index in [2.05, 4.69) is 9.72 Å². The summed E-state index contributed by atoms with van der Waals surface area (Å²) < 4.78 is 9.47. The summed E-state index contributed by atoms with van der Waals surface area (Å²) in [5.41, 5.74) is 0.444. The van der Waals surface area contributed by atoms with Crippen molar-refractivity contribution >= 4 is 17.8 Å². The smallest absolute Gasteiger partial charge is 0.413 e. The molecule has 0 unspecified atom stereocenters. The van der Waals surface area contributed by atoms with Crippen molar-refractivity contribution in [2.24, 2.45) is 0 Å². The van der Waals surface area contributed by atoms with E-state index in [-0.39, 0.29) is 12.4 Å². The number of rotatable bonds is 5. The molecular weight excluding hydrogens is 270 g/mol. The zero-order chi connectivity index (χ0) is 15.1. The average molecular weight is 283 g/mol. The molecule has 1 rings (SSSR count). The van der Waals surface area contributed by atoms with Gasteiger partial charge in [-0.05, 0) is 29.0 Å². The minimum absolute atomic E-state index is 0.118.